The van der Waals surface area contributed by atoms with Crippen LogP contribution >= 0.6 is 0 Å². The Kier molecular flexibility index (Phi) is 4.08. The normalized spacial score (nSPS) is 25.7. The minimum absolute atomic E-state index is 0.0594. The Morgan fingerprint density at radius 3 is 2.44 bits per heavy atom. The highest BCUT2D eigenvalue weighted by molar-refractivity contribution is 6.74. The minimum atomic E-state index is -2.23. The third kappa shape index (κ3) is 3.20. The molecule has 0 heterocycles. The number of alkyl halides is 1. The van der Waals surface area contributed by atoms with E-state index in [1.54, 1.807) is 0 Å². The SMILES string of the molecule is CC(C)(C)[Si](C)(C)OCC1(F)CC(O)=CC=C1F. The van der Waals surface area contributed by atoms with Crippen molar-refractivity contribution in [1.29, 1.82) is 0 Å². The zero-order chi connectivity index (χ0) is 14.2. The van der Waals surface area contributed by atoms with E-state index in [0.29, 0.717) is 0 Å². The van der Waals surface area contributed by atoms with Gasteiger partial charge in [-0.25, -0.2) is 8.78 Å². The van der Waals surface area contributed by atoms with E-state index in [4.69, 9.17) is 4.43 Å². The summed E-state index contributed by atoms with van der Waals surface area (Å²) in [6.45, 7) is 9.73. The second-order valence-corrected chi connectivity index (χ2v) is 11.2. The van der Waals surface area contributed by atoms with Crippen LogP contribution in [0.2, 0.25) is 18.1 Å². The second-order valence-electron chi connectivity index (χ2n) is 6.36. The van der Waals surface area contributed by atoms with Crippen LogP contribution in [0.15, 0.2) is 23.7 Å². The zero-order valence-electron chi connectivity index (χ0n) is 11.7. The van der Waals surface area contributed by atoms with Crippen molar-refractivity contribution in [3.63, 3.8) is 0 Å². The van der Waals surface area contributed by atoms with Crippen LogP contribution in [0.5, 0.6) is 0 Å². The topological polar surface area (TPSA) is 29.5 Å². The standard InChI is InChI=1S/C13H22F2O2Si/c1-12(2,3)18(4,5)17-9-13(15)8-10(16)6-7-11(13)14/h6-7,16H,8-9H2,1-5H3. The number of halogens is 2. The Bertz CT molecular complexity index is 383. The van der Waals surface area contributed by atoms with Gasteiger partial charge in [-0.3, -0.25) is 0 Å². The Labute approximate surface area is 108 Å². The van der Waals surface area contributed by atoms with Gasteiger partial charge in [-0.05, 0) is 30.3 Å². The summed E-state index contributed by atoms with van der Waals surface area (Å²) in [5.41, 5.74) is -2.23. The van der Waals surface area contributed by atoms with Gasteiger partial charge in [0.2, 0.25) is 0 Å². The summed E-state index contributed by atoms with van der Waals surface area (Å²) < 4.78 is 33.6. The molecule has 18 heavy (non-hydrogen) atoms. The van der Waals surface area contributed by atoms with Crippen LogP contribution < -0.4 is 0 Å². The zero-order valence-corrected chi connectivity index (χ0v) is 12.7. The highest BCUT2D eigenvalue weighted by Gasteiger charge is 2.43. The van der Waals surface area contributed by atoms with Gasteiger partial charge < -0.3 is 9.53 Å². The number of hydrogen-bond acceptors (Lipinski definition) is 2. The van der Waals surface area contributed by atoms with Gasteiger partial charge >= 0.3 is 0 Å². The van der Waals surface area contributed by atoms with Crippen LogP contribution in [0.4, 0.5) is 8.78 Å². The molecular weight excluding hydrogens is 254 g/mol. The van der Waals surface area contributed by atoms with Crippen molar-refractivity contribution in [3.05, 3.63) is 23.7 Å². The van der Waals surface area contributed by atoms with E-state index in [1.807, 2.05) is 33.9 Å². The van der Waals surface area contributed by atoms with E-state index in [0.717, 1.165) is 6.08 Å². The highest BCUT2D eigenvalue weighted by Crippen LogP contribution is 2.40. The summed E-state index contributed by atoms with van der Waals surface area (Å²) >= 11 is 0. The summed E-state index contributed by atoms with van der Waals surface area (Å²) in [5.74, 6) is -1.03. The second kappa shape index (κ2) is 4.77. The van der Waals surface area contributed by atoms with Crippen molar-refractivity contribution in [3.8, 4) is 0 Å². The number of hydrogen-bond donors (Lipinski definition) is 1. The lowest BCUT2D eigenvalue weighted by Gasteiger charge is -2.38. The third-order valence-corrected chi connectivity index (χ3v) is 8.26. The molecule has 0 spiro atoms. The van der Waals surface area contributed by atoms with Gasteiger partial charge in [-0.1, -0.05) is 20.8 Å². The molecule has 1 rings (SSSR count). The largest absolute Gasteiger partial charge is 0.512 e. The number of aliphatic hydroxyl groups excluding tert-OH is 1. The summed E-state index contributed by atoms with van der Waals surface area (Å²) in [7, 11) is -2.12. The van der Waals surface area contributed by atoms with E-state index in [2.05, 4.69) is 0 Å². The number of aliphatic hydroxyl groups is 1. The molecule has 0 radical (unpaired) electrons. The monoisotopic (exact) mass is 276 g/mol. The predicted octanol–water partition coefficient (Wildman–Crippen LogP) is 4.42. The fourth-order valence-corrected chi connectivity index (χ4v) is 2.40. The molecule has 0 aromatic rings. The molecule has 5 heteroatoms. The van der Waals surface area contributed by atoms with Crippen molar-refractivity contribution >= 4 is 8.32 Å². The van der Waals surface area contributed by atoms with Gasteiger partial charge in [-0.2, -0.15) is 0 Å². The molecule has 0 bridgehead atoms. The molecule has 0 aromatic carbocycles. The predicted molar refractivity (Wildman–Crippen MR) is 71.5 cm³/mol. The molecule has 1 N–H and O–H groups in total. The van der Waals surface area contributed by atoms with Crippen molar-refractivity contribution < 1.29 is 18.3 Å². The van der Waals surface area contributed by atoms with Crippen LogP contribution in [0, 0.1) is 0 Å². The first-order valence-electron chi connectivity index (χ1n) is 6.07. The minimum Gasteiger partial charge on any atom is -0.512 e. The maximum absolute atomic E-state index is 14.4. The molecule has 2 nitrogen and oxygen atoms in total. The van der Waals surface area contributed by atoms with Crippen molar-refractivity contribution in [2.75, 3.05) is 6.61 Å². The van der Waals surface area contributed by atoms with Gasteiger partial charge in [0.15, 0.2) is 14.0 Å². The van der Waals surface area contributed by atoms with Crippen LogP contribution in [-0.4, -0.2) is 25.7 Å². The molecule has 1 unspecified atom stereocenters. The van der Waals surface area contributed by atoms with Gasteiger partial charge in [0.1, 0.15) is 5.83 Å². The van der Waals surface area contributed by atoms with E-state index in [-0.39, 0.29) is 23.8 Å². The van der Waals surface area contributed by atoms with Crippen molar-refractivity contribution in [2.45, 2.75) is 51.0 Å². The Morgan fingerprint density at radius 1 is 1.39 bits per heavy atom. The molecule has 0 aliphatic heterocycles. The molecule has 0 fully saturated rings. The van der Waals surface area contributed by atoms with E-state index < -0.39 is 19.8 Å². The van der Waals surface area contributed by atoms with Gasteiger partial charge in [0.05, 0.1) is 12.4 Å². The summed E-state index contributed by atoms with van der Waals surface area (Å²) in [4.78, 5) is 0. The van der Waals surface area contributed by atoms with E-state index in [9.17, 15) is 13.9 Å². The molecule has 1 atom stereocenters. The lowest BCUT2D eigenvalue weighted by Crippen LogP contribution is -2.45. The molecule has 1 aliphatic carbocycles. The van der Waals surface area contributed by atoms with Gasteiger partial charge in [-0.15, -0.1) is 0 Å². The average molecular weight is 276 g/mol. The molecule has 0 aromatic heterocycles. The maximum atomic E-state index is 14.4. The first-order chi connectivity index (χ1) is 7.98. The van der Waals surface area contributed by atoms with Crippen LogP contribution in [-0.2, 0) is 4.43 Å². The summed E-state index contributed by atoms with van der Waals surface area (Å²) in [6, 6.07) is 0. The molecule has 0 amide bonds. The first kappa shape index (κ1) is 15.4. The van der Waals surface area contributed by atoms with Crippen LogP contribution in [0.25, 0.3) is 0 Å². The summed E-state index contributed by atoms with van der Waals surface area (Å²) in [6.07, 6.45) is 1.79. The molecule has 0 saturated carbocycles. The van der Waals surface area contributed by atoms with E-state index in [1.165, 1.54) is 6.08 Å². The Hall–Kier alpha value is -0.683. The Balaban J connectivity index is 2.75. The van der Waals surface area contributed by atoms with Crippen LogP contribution in [0.3, 0.4) is 0 Å². The summed E-state index contributed by atoms with van der Waals surface area (Å²) in [5, 5.41) is 9.26. The van der Waals surface area contributed by atoms with Crippen LogP contribution in [0.1, 0.15) is 27.2 Å². The van der Waals surface area contributed by atoms with E-state index >= 15 is 0 Å². The molecule has 0 saturated heterocycles. The fraction of sp³-hybridized carbons (Fsp3) is 0.692. The average Bonchev–Trinajstić information content (AvgIpc) is 2.20. The fourth-order valence-electron chi connectivity index (χ4n) is 1.38. The third-order valence-electron chi connectivity index (χ3n) is 3.78. The molecular formula is C13H22F2O2Si. The first-order valence-corrected chi connectivity index (χ1v) is 8.97. The molecule has 1 aliphatic rings. The van der Waals surface area contributed by atoms with Crippen molar-refractivity contribution in [1.82, 2.24) is 0 Å². The lowest BCUT2D eigenvalue weighted by atomic mass is 9.96. The highest BCUT2D eigenvalue weighted by atomic mass is 28.4. The van der Waals surface area contributed by atoms with Gasteiger partial charge in [0, 0.05) is 6.42 Å². The lowest BCUT2D eigenvalue weighted by molar-refractivity contribution is 0.0755. The van der Waals surface area contributed by atoms with Gasteiger partial charge in [0.25, 0.3) is 0 Å². The quantitative estimate of drug-likeness (QED) is 0.773. The van der Waals surface area contributed by atoms with Crippen molar-refractivity contribution in [2.24, 2.45) is 0 Å². The smallest absolute Gasteiger partial charge is 0.192 e. The number of rotatable bonds is 3. The Morgan fingerprint density at radius 2 is 1.94 bits per heavy atom. The maximum Gasteiger partial charge on any atom is 0.192 e. The molecule has 104 valence electrons. The number of allylic oxidation sites excluding steroid dienone is 3.